The van der Waals surface area contributed by atoms with Crippen molar-refractivity contribution < 1.29 is 53.0 Å². The van der Waals surface area contributed by atoms with Gasteiger partial charge < -0.3 is 38.6 Å². The number of ether oxygens (including phenoxy) is 6. The largest absolute Gasteiger partial charge is 0.462 e. The van der Waals surface area contributed by atoms with Gasteiger partial charge in [0.1, 0.15) is 31.0 Å². The lowest BCUT2D eigenvalue weighted by molar-refractivity contribution is -0.407. The van der Waals surface area contributed by atoms with Crippen molar-refractivity contribution in [3.8, 4) is 0 Å². The third-order valence-corrected chi connectivity index (χ3v) is 15.5. The molecule has 0 aromatic rings. The van der Waals surface area contributed by atoms with Crippen LogP contribution in [0.2, 0.25) is 0 Å². The van der Waals surface area contributed by atoms with E-state index in [1.165, 1.54) is 110 Å². The summed E-state index contributed by atoms with van der Waals surface area (Å²) < 4.78 is 39.6. The number of ketones is 1. The van der Waals surface area contributed by atoms with E-state index in [1.54, 1.807) is 26.0 Å². The van der Waals surface area contributed by atoms with Crippen LogP contribution in [0.5, 0.6) is 0 Å². The first-order chi connectivity index (χ1) is 30.7. The lowest BCUT2D eigenvalue weighted by Gasteiger charge is -2.61. The molecule has 360 valence electrons. The van der Waals surface area contributed by atoms with Crippen molar-refractivity contribution >= 4 is 17.7 Å². The van der Waals surface area contributed by atoms with Crippen LogP contribution in [0.1, 0.15) is 189 Å². The number of allylic oxidation sites excluding steroid dienone is 3. The Labute approximate surface area is 384 Å². The molecule has 11 heteroatoms. The maximum atomic E-state index is 14.3. The van der Waals surface area contributed by atoms with Crippen LogP contribution < -0.4 is 0 Å². The molecule has 3 saturated heterocycles. The lowest BCUT2D eigenvalue weighted by Crippen LogP contribution is -2.76. The molecule has 2 unspecified atom stereocenters. The van der Waals surface area contributed by atoms with E-state index >= 15 is 0 Å². The fraction of sp³-hybridized carbons (Fsp3) is 0.792. The zero-order valence-corrected chi connectivity index (χ0v) is 40.2. The van der Waals surface area contributed by atoms with Gasteiger partial charge in [0.2, 0.25) is 0 Å². The highest BCUT2D eigenvalue weighted by atomic mass is 16.9. The number of Topliss-reactive ketones (excluding diaryl/α,β-unsaturated/α-hetero) is 1. The molecule has 12 atom stereocenters. The molecule has 0 amide bonds. The van der Waals surface area contributed by atoms with Crippen LogP contribution in [-0.4, -0.2) is 87.3 Å². The van der Waals surface area contributed by atoms with Gasteiger partial charge in [-0.3, -0.25) is 14.4 Å². The number of fused-ring (bicyclic) bond motifs is 3. The second-order valence-corrected chi connectivity index (χ2v) is 20.2. The summed E-state index contributed by atoms with van der Waals surface area (Å²) in [6.45, 7) is 15.0. The molecule has 64 heavy (non-hydrogen) atoms. The zero-order valence-electron chi connectivity index (χ0n) is 40.2. The summed E-state index contributed by atoms with van der Waals surface area (Å²) in [5.41, 5.74) is -6.31. The van der Waals surface area contributed by atoms with Crippen LogP contribution in [0, 0.1) is 17.8 Å². The Morgan fingerprint density at radius 1 is 0.797 bits per heavy atom. The van der Waals surface area contributed by atoms with Crippen LogP contribution >= 0.6 is 0 Å². The zero-order chi connectivity index (χ0) is 46.2. The summed E-state index contributed by atoms with van der Waals surface area (Å²) in [6, 6.07) is 0. The van der Waals surface area contributed by atoms with Gasteiger partial charge in [0.25, 0.3) is 0 Å². The standard InChI is InChI=1S/C53H82O11/c1-8-10-12-14-16-18-20-22-23-25-27-29-31-33-42(55)59-36-49-46(61-49)43-47-52(37(3)4)45(60-40(7)54)39(6)53(43,41-35-38(5)44(56)51(41,58)48(49)57)64-50(62-47,63-52)34-32-30-28-26-24-21-19-17-15-13-11-9-2/h28,30,32,34-35,39,41,43,45-48,57-58H,3,8-27,29,31,33,36H2,1-2,4-7H3/b30-28+,34-32+/t39-,41-,43?,45-,46+,47-,48-,49+,50?,51-,52+,53+/m1/s1. The van der Waals surface area contributed by atoms with Crippen LogP contribution in [0.4, 0.5) is 0 Å². The predicted molar refractivity (Wildman–Crippen MR) is 246 cm³/mol. The second kappa shape index (κ2) is 22.0. The average molecular weight is 895 g/mol. The van der Waals surface area contributed by atoms with E-state index < -0.39 is 88.3 Å². The van der Waals surface area contributed by atoms with Gasteiger partial charge >= 0.3 is 17.9 Å². The first-order valence-corrected chi connectivity index (χ1v) is 25.4. The molecule has 3 bridgehead atoms. The molecular formula is C53H82O11. The van der Waals surface area contributed by atoms with Crippen LogP contribution in [0.3, 0.4) is 0 Å². The summed E-state index contributed by atoms with van der Waals surface area (Å²) in [7, 11) is 0. The highest BCUT2D eigenvalue weighted by Crippen LogP contribution is 2.73. The highest BCUT2D eigenvalue weighted by molar-refractivity contribution is 6.05. The second-order valence-electron chi connectivity index (χ2n) is 20.2. The Kier molecular flexibility index (Phi) is 17.4. The van der Waals surface area contributed by atoms with Crippen molar-refractivity contribution in [2.24, 2.45) is 17.8 Å². The van der Waals surface area contributed by atoms with E-state index in [4.69, 9.17) is 28.4 Å². The molecular weight excluding hydrogens is 813 g/mol. The number of carbonyl (C=O) groups excluding carboxylic acids is 3. The summed E-state index contributed by atoms with van der Waals surface area (Å²) >= 11 is 0. The number of carbonyl (C=O) groups is 3. The van der Waals surface area contributed by atoms with Crippen LogP contribution in [-0.2, 0) is 42.8 Å². The van der Waals surface area contributed by atoms with Crippen molar-refractivity contribution in [1.29, 1.82) is 0 Å². The number of rotatable bonds is 29. The molecule has 0 aromatic carbocycles. The van der Waals surface area contributed by atoms with E-state index in [2.05, 4.69) is 26.5 Å². The Morgan fingerprint density at radius 2 is 1.36 bits per heavy atom. The first-order valence-electron chi connectivity index (χ1n) is 25.4. The van der Waals surface area contributed by atoms with Gasteiger partial charge in [-0.25, -0.2) is 0 Å². The first kappa shape index (κ1) is 50.7. The third-order valence-electron chi connectivity index (χ3n) is 15.5. The van der Waals surface area contributed by atoms with E-state index in [1.807, 2.05) is 19.1 Å². The van der Waals surface area contributed by atoms with Crippen LogP contribution in [0.25, 0.3) is 0 Å². The van der Waals surface area contributed by atoms with Gasteiger partial charge in [-0.1, -0.05) is 174 Å². The molecule has 2 N–H and O–H groups in total. The predicted octanol–water partition coefficient (Wildman–Crippen LogP) is 10.4. The normalized spacial score (nSPS) is 36.8. The van der Waals surface area contributed by atoms with Gasteiger partial charge in [0, 0.05) is 37.2 Å². The molecule has 3 aliphatic heterocycles. The van der Waals surface area contributed by atoms with E-state index in [0.29, 0.717) is 12.0 Å². The topological polar surface area (TPSA) is 150 Å². The Morgan fingerprint density at radius 3 is 1.92 bits per heavy atom. The minimum absolute atomic E-state index is 0.208. The van der Waals surface area contributed by atoms with Gasteiger partial charge in [-0.05, 0) is 44.3 Å². The van der Waals surface area contributed by atoms with Gasteiger partial charge in [0.15, 0.2) is 22.6 Å². The quantitative estimate of drug-likeness (QED) is 0.0243. The Hall–Kier alpha value is -2.67. The van der Waals surface area contributed by atoms with Crippen molar-refractivity contribution in [2.45, 2.75) is 242 Å². The molecule has 2 saturated carbocycles. The number of aliphatic hydroxyl groups excluding tert-OH is 1. The lowest BCUT2D eigenvalue weighted by atomic mass is 9.53. The summed E-state index contributed by atoms with van der Waals surface area (Å²) in [5, 5.41) is 25.3. The van der Waals surface area contributed by atoms with Crippen molar-refractivity contribution in [3.05, 3.63) is 48.1 Å². The minimum atomic E-state index is -2.44. The Bertz CT molecular complexity index is 1720. The van der Waals surface area contributed by atoms with Crippen molar-refractivity contribution in [3.63, 3.8) is 0 Å². The van der Waals surface area contributed by atoms with Gasteiger partial charge in [0.05, 0.1) is 5.60 Å². The molecule has 3 aliphatic carbocycles. The molecule has 0 spiro atoms. The maximum Gasteiger partial charge on any atom is 0.307 e. The summed E-state index contributed by atoms with van der Waals surface area (Å²) in [5.74, 6) is -6.19. The molecule has 11 nitrogen and oxygen atoms in total. The number of epoxide rings is 1. The number of esters is 2. The van der Waals surface area contributed by atoms with Gasteiger partial charge in [-0.2, -0.15) is 0 Å². The molecule has 0 radical (unpaired) electrons. The van der Waals surface area contributed by atoms with Crippen molar-refractivity contribution in [1.82, 2.24) is 0 Å². The SMILES string of the molecule is C=C(C)[C@@]12OC3(/C=C/C=C/CCCCCCCCCC)O[C@@H]1C1[C@@H]4O[C@]4(COC(=O)CCCCCCCCCCCCCCC)[C@@H](O)[C@]4(O)C(=O)C(C)=C[C@H]4[C@@]1(O3)[C@H](C)[C@H]2OC(C)=O. The Balaban J connectivity index is 1.17. The molecule has 3 heterocycles. The highest BCUT2D eigenvalue weighted by Gasteiger charge is 2.90. The fourth-order valence-electron chi connectivity index (χ4n) is 12.1. The van der Waals surface area contributed by atoms with Crippen LogP contribution in [0.15, 0.2) is 48.1 Å². The van der Waals surface area contributed by atoms with Gasteiger partial charge in [-0.15, -0.1) is 0 Å². The molecule has 5 fully saturated rings. The molecule has 0 aromatic heterocycles. The molecule has 6 rings (SSSR count). The summed E-state index contributed by atoms with van der Waals surface area (Å²) in [4.78, 5) is 40.5. The average Bonchev–Trinajstić information content (AvgIpc) is 3.88. The molecule has 6 aliphatic rings. The monoisotopic (exact) mass is 895 g/mol. The minimum Gasteiger partial charge on any atom is -0.462 e. The number of hydrogen-bond acceptors (Lipinski definition) is 11. The van der Waals surface area contributed by atoms with E-state index in [-0.39, 0.29) is 18.6 Å². The van der Waals surface area contributed by atoms with E-state index in [9.17, 15) is 24.6 Å². The fourth-order valence-corrected chi connectivity index (χ4v) is 12.1. The van der Waals surface area contributed by atoms with Crippen molar-refractivity contribution in [2.75, 3.05) is 6.61 Å². The number of hydrogen-bond donors (Lipinski definition) is 2. The number of aliphatic hydroxyl groups is 2. The third kappa shape index (κ3) is 9.83. The maximum absolute atomic E-state index is 14.3. The van der Waals surface area contributed by atoms with E-state index in [0.717, 1.165) is 32.1 Å². The smallest absolute Gasteiger partial charge is 0.307 e. The summed E-state index contributed by atoms with van der Waals surface area (Å²) in [6.07, 6.45) is 31.1. The number of unbranched alkanes of at least 4 members (excludes halogenated alkanes) is 20.